The lowest BCUT2D eigenvalue weighted by molar-refractivity contribution is 0.277. The molecule has 0 unspecified atom stereocenters. The van der Waals surface area contributed by atoms with E-state index in [2.05, 4.69) is 32.4 Å². The van der Waals surface area contributed by atoms with Gasteiger partial charge in [0.15, 0.2) is 0 Å². The number of hydrogen-bond acceptors (Lipinski definition) is 1. The maximum absolute atomic E-state index is 4.25. The zero-order chi connectivity index (χ0) is 10.2. The Morgan fingerprint density at radius 1 is 0.667 bits per heavy atom. The van der Waals surface area contributed by atoms with E-state index >= 15 is 0 Å². The first kappa shape index (κ1) is 17.9. The predicted octanol–water partition coefficient (Wildman–Crippen LogP) is 4.27. The van der Waals surface area contributed by atoms with Crippen LogP contribution in [0.25, 0.3) is 0 Å². The van der Waals surface area contributed by atoms with Crippen molar-refractivity contribution in [3.8, 4) is 0 Å². The van der Waals surface area contributed by atoms with Gasteiger partial charge in [0.05, 0.1) is 0 Å². The van der Waals surface area contributed by atoms with Crippen molar-refractivity contribution in [2.24, 2.45) is 0 Å². The Morgan fingerprint density at radius 2 is 0.917 bits per heavy atom. The van der Waals surface area contributed by atoms with Gasteiger partial charge in [-0.05, 0) is 0 Å². The van der Waals surface area contributed by atoms with Crippen LogP contribution in [0, 0.1) is 0 Å². The summed E-state index contributed by atoms with van der Waals surface area (Å²) < 4.78 is 4.25. The van der Waals surface area contributed by atoms with Crippen LogP contribution >= 0.6 is 0 Å². The van der Waals surface area contributed by atoms with Crippen LogP contribution < -0.4 is 0 Å². The number of unbranched alkanes of at least 4 members (excludes halogenated alkanes) is 3. The number of methoxy groups -OCH3 is 1. The van der Waals surface area contributed by atoms with Crippen LogP contribution in [0.4, 0.5) is 0 Å². The van der Waals surface area contributed by atoms with Crippen molar-refractivity contribution < 1.29 is 4.74 Å². The quantitative estimate of drug-likeness (QED) is 0.624. The molecule has 0 aromatic carbocycles. The van der Waals surface area contributed by atoms with Crippen LogP contribution in [-0.2, 0) is 4.74 Å². The van der Waals surface area contributed by atoms with Crippen molar-refractivity contribution in [2.45, 2.75) is 59.8 Å². The van der Waals surface area contributed by atoms with Gasteiger partial charge < -0.3 is 4.74 Å². The van der Waals surface area contributed by atoms with Crippen LogP contribution in [0.3, 0.4) is 0 Å². The van der Waals surface area contributed by atoms with E-state index in [9.17, 15) is 0 Å². The average molecular weight is 176 g/mol. The minimum atomic E-state index is 1.32. The van der Waals surface area contributed by atoms with E-state index in [1.54, 1.807) is 14.2 Å². The standard InChI is InChI=1S/C5H12.C4H10.C2H6O/c1-3-5-4-2;1-3-4-2;1-3-2/h3-5H2,1-2H3;3-4H2,1-2H3;1-2H3. The van der Waals surface area contributed by atoms with Crippen LogP contribution in [0.15, 0.2) is 0 Å². The van der Waals surface area contributed by atoms with Gasteiger partial charge in [-0.15, -0.1) is 0 Å². The molecule has 0 aromatic heterocycles. The normalized spacial score (nSPS) is 7.50. The smallest absolute Gasteiger partial charge is 0.0351 e. The zero-order valence-electron chi connectivity index (χ0n) is 9.94. The molecule has 0 aliphatic carbocycles. The first-order chi connectivity index (χ1) is 5.74. The van der Waals surface area contributed by atoms with Crippen LogP contribution in [0.2, 0.25) is 0 Å². The Kier molecular flexibility index (Phi) is 45.6. The zero-order valence-corrected chi connectivity index (χ0v) is 9.94. The first-order valence-corrected chi connectivity index (χ1v) is 5.14. The second-order valence-corrected chi connectivity index (χ2v) is 2.76. The second-order valence-electron chi connectivity index (χ2n) is 2.76. The lowest BCUT2D eigenvalue weighted by Crippen LogP contribution is -1.59. The molecule has 0 amide bonds. The summed E-state index contributed by atoms with van der Waals surface area (Å²) in [5.41, 5.74) is 0. The highest BCUT2D eigenvalue weighted by atomic mass is 16.4. The minimum Gasteiger partial charge on any atom is -0.388 e. The Labute approximate surface area is 79.5 Å². The van der Waals surface area contributed by atoms with Gasteiger partial charge in [0.1, 0.15) is 0 Å². The van der Waals surface area contributed by atoms with Gasteiger partial charge in [-0.3, -0.25) is 0 Å². The van der Waals surface area contributed by atoms with E-state index in [-0.39, 0.29) is 0 Å². The molecule has 78 valence electrons. The molecule has 0 fully saturated rings. The molecule has 1 heteroatoms. The van der Waals surface area contributed by atoms with E-state index in [1.165, 1.54) is 32.1 Å². The highest BCUT2D eigenvalue weighted by molar-refractivity contribution is 4.24. The SMILES string of the molecule is CCCC.CCCCC.COC. The summed E-state index contributed by atoms with van der Waals surface area (Å²) in [6, 6.07) is 0. The van der Waals surface area contributed by atoms with Gasteiger partial charge in [0, 0.05) is 14.2 Å². The molecular formula is C11H28O. The molecule has 1 nitrogen and oxygen atoms in total. The molecule has 0 aliphatic heterocycles. The summed E-state index contributed by atoms with van der Waals surface area (Å²) in [4.78, 5) is 0. The molecular weight excluding hydrogens is 148 g/mol. The summed E-state index contributed by atoms with van der Waals surface area (Å²) in [5.74, 6) is 0. The van der Waals surface area contributed by atoms with Crippen molar-refractivity contribution in [3.63, 3.8) is 0 Å². The van der Waals surface area contributed by atoms with Crippen LogP contribution in [0.5, 0.6) is 0 Å². The van der Waals surface area contributed by atoms with Gasteiger partial charge in [0.25, 0.3) is 0 Å². The Morgan fingerprint density at radius 3 is 0.917 bits per heavy atom. The van der Waals surface area contributed by atoms with E-state index in [1.807, 2.05) is 0 Å². The van der Waals surface area contributed by atoms with E-state index in [4.69, 9.17) is 0 Å². The summed E-state index contributed by atoms with van der Waals surface area (Å²) in [6.45, 7) is 8.78. The average Bonchev–Trinajstić information content (AvgIpc) is 2.08. The molecule has 12 heavy (non-hydrogen) atoms. The maximum Gasteiger partial charge on any atom is 0.0351 e. The topological polar surface area (TPSA) is 9.23 Å². The van der Waals surface area contributed by atoms with Crippen LogP contribution in [-0.4, -0.2) is 14.2 Å². The predicted molar refractivity (Wildman–Crippen MR) is 58.7 cm³/mol. The van der Waals surface area contributed by atoms with Crippen molar-refractivity contribution in [1.82, 2.24) is 0 Å². The van der Waals surface area contributed by atoms with Gasteiger partial charge in [-0.2, -0.15) is 0 Å². The van der Waals surface area contributed by atoms with Gasteiger partial charge in [-0.25, -0.2) is 0 Å². The molecule has 0 spiro atoms. The number of rotatable bonds is 3. The fourth-order valence-electron chi connectivity index (χ4n) is 0.354. The maximum atomic E-state index is 4.25. The molecule has 0 aliphatic rings. The summed E-state index contributed by atoms with van der Waals surface area (Å²) in [7, 11) is 3.25. The lowest BCUT2D eigenvalue weighted by Gasteiger charge is -1.79. The monoisotopic (exact) mass is 176 g/mol. The molecule has 0 heterocycles. The highest BCUT2D eigenvalue weighted by Gasteiger charge is 1.68. The Bertz CT molecular complexity index is 32.0. The van der Waals surface area contributed by atoms with E-state index in [0.29, 0.717) is 0 Å². The summed E-state index contributed by atoms with van der Waals surface area (Å²) in [5, 5.41) is 0. The van der Waals surface area contributed by atoms with Crippen molar-refractivity contribution in [2.75, 3.05) is 14.2 Å². The number of ether oxygens (including phenoxy) is 1. The molecule has 0 N–H and O–H groups in total. The molecule has 0 saturated heterocycles. The van der Waals surface area contributed by atoms with Crippen molar-refractivity contribution in [3.05, 3.63) is 0 Å². The second kappa shape index (κ2) is 30.6. The third kappa shape index (κ3) is 91.3. The number of hydrogen-bond donors (Lipinski definition) is 0. The Balaban J connectivity index is -0.000000105. The molecule has 0 saturated carbocycles. The summed E-state index contributed by atoms with van der Waals surface area (Å²) >= 11 is 0. The third-order valence-corrected chi connectivity index (χ3v) is 1.21. The van der Waals surface area contributed by atoms with Gasteiger partial charge >= 0.3 is 0 Å². The minimum absolute atomic E-state index is 1.32. The fourth-order valence-corrected chi connectivity index (χ4v) is 0.354. The lowest BCUT2D eigenvalue weighted by atomic mass is 10.3. The molecule has 0 radical (unpaired) electrons. The molecule has 0 aromatic rings. The molecule has 0 rings (SSSR count). The van der Waals surface area contributed by atoms with E-state index < -0.39 is 0 Å². The third-order valence-electron chi connectivity index (χ3n) is 1.21. The van der Waals surface area contributed by atoms with Crippen molar-refractivity contribution in [1.29, 1.82) is 0 Å². The van der Waals surface area contributed by atoms with E-state index in [0.717, 1.165) is 0 Å². The van der Waals surface area contributed by atoms with Crippen molar-refractivity contribution >= 4 is 0 Å². The molecule has 0 bridgehead atoms. The summed E-state index contributed by atoms with van der Waals surface area (Å²) in [6.07, 6.45) is 6.72. The largest absolute Gasteiger partial charge is 0.388 e. The highest BCUT2D eigenvalue weighted by Crippen LogP contribution is 1.88. The fraction of sp³-hybridized carbons (Fsp3) is 1.00. The Hall–Kier alpha value is -0.0400. The first-order valence-electron chi connectivity index (χ1n) is 5.14. The van der Waals surface area contributed by atoms with Gasteiger partial charge in [-0.1, -0.05) is 59.8 Å². The molecule has 0 atom stereocenters. The van der Waals surface area contributed by atoms with Crippen LogP contribution in [0.1, 0.15) is 59.8 Å². The van der Waals surface area contributed by atoms with Gasteiger partial charge in [0.2, 0.25) is 0 Å².